The lowest BCUT2D eigenvalue weighted by Gasteiger charge is -2.15. The number of carbonyl (C=O) groups excluding carboxylic acids is 4. The van der Waals surface area contributed by atoms with Gasteiger partial charge in [-0.05, 0) is 24.3 Å². The van der Waals surface area contributed by atoms with Gasteiger partial charge in [0.05, 0.1) is 19.3 Å². The highest BCUT2D eigenvalue weighted by atomic mass is 16.5. The van der Waals surface area contributed by atoms with E-state index in [0.717, 1.165) is 4.90 Å². The standard InChI is InChI=1S/C18H14N2O5/c1-25-14-9-7-13(8-10-14)20-17(23)16(22)19(18(20)24)11-15(21)12-5-3-2-4-6-12/h2-10H,11H2,1H3. The quantitative estimate of drug-likeness (QED) is 0.472. The van der Waals surface area contributed by atoms with Crippen LogP contribution in [0.3, 0.4) is 0 Å². The fourth-order valence-corrected chi connectivity index (χ4v) is 2.46. The fraction of sp³-hybridized carbons (Fsp3) is 0.111. The Labute approximate surface area is 143 Å². The number of anilines is 1. The molecule has 1 heterocycles. The molecule has 0 spiro atoms. The summed E-state index contributed by atoms with van der Waals surface area (Å²) in [7, 11) is 1.49. The topological polar surface area (TPSA) is 84.0 Å². The van der Waals surface area contributed by atoms with Gasteiger partial charge in [-0.15, -0.1) is 0 Å². The van der Waals surface area contributed by atoms with Crippen molar-refractivity contribution in [2.24, 2.45) is 0 Å². The number of amides is 4. The van der Waals surface area contributed by atoms with E-state index in [0.29, 0.717) is 16.2 Å². The third-order valence-corrected chi connectivity index (χ3v) is 3.78. The van der Waals surface area contributed by atoms with Gasteiger partial charge in [0.2, 0.25) is 0 Å². The molecule has 0 atom stereocenters. The molecule has 1 saturated heterocycles. The second-order valence-electron chi connectivity index (χ2n) is 5.30. The Morgan fingerprint density at radius 3 is 2.16 bits per heavy atom. The first kappa shape index (κ1) is 16.4. The maximum Gasteiger partial charge on any atom is 0.339 e. The highest BCUT2D eigenvalue weighted by Gasteiger charge is 2.46. The number of urea groups is 1. The predicted octanol–water partition coefficient (Wildman–Crippen LogP) is 1.87. The molecule has 0 aromatic heterocycles. The second kappa shape index (κ2) is 6.56. The monoisotopic (exact) mass is 338 g/mol. The molecule has 1 aliphatic rings. The van der Waals surface area contributed by atoms with Crippen LogP contribution in [-0.4, -0.2) is 42.2 Å². The Bertz CT molecular complexity index is 846. The van der Waals surface area contributed by atoms with Gasteiger partial charge in [0.15, 0.2) is 5.78 Å². The molecule has 1 aliphatic heterocycles. The molecule has 4 amide bonds. The van der Waals surface area contributed by atoms with Crippen molar-refractivity contribution in [3.63, 3.8) is 0 Å². The number of methoxy groups -OCH3 is 1. The predicted molar refractivity (Wildman–Crippen MR) is 88.4 cm³/mol. The summed E-state index contributed by atoms with van der Waals surface area (Å²) in [6.45, 7) is -0.486. The van der Waals surface area contributed by atoms with E-state index in [-0.39, 0.29) is 5.69 Å². The van der Waals surface area contributed by atoms with E-state index in [4.69, 9.17) is 4.74 Å². The van der Waals surface area contributed by atoms with Crippen LogP contribution in [0, 0.1) is 0 Å². The molecular formula is C18H14N2O5. The summed E-state index contributed by atoms with van der Waals surface area (Å²) in [4.78, 5) is 50.4. The van der Waals surface area contributed by atoms with Crippen LogP contribution in [0.15, 0.2) is 54.6 Å². The van der Waals surface area contributed by atoms with Gasteiger partial charge in [-0.25, -0.2) is 14.6 Å². The van der Waals surface area contributed by atoms with Crippen molar-refractivity contribution in [1.82, 2.24) is 4.90 Å². The number of hydrogen-bond acceptors (Lipinski definition) is 5. The molecule has 0 bridgehead atoms. The highest BCUT2D eigenvalue weighted by Crippen LogP contribution is 2.24. The first-order valence-electron chi connectivity index (χ1n) is 7.45. The molecule has 1 fully saturated rings. The van der Waals surface area contributed by atoms with Crippen LogP contribution in [-0.2, 0) is 9.59 Å². The van der Waals surface area contributed by atoms with E-state index in [1.807, 2.05) is 0 Å². The summed E-state index contributed by atoms with van der Waals surface area (Å²) in [5, 5.41) is 0. The minimum Gasteiger partial charge on any atom is -0.497 e. The smallest absolute Gasteiger partial charge is 0.339 e. The number of nitrogens with zero attached hydrogens (tertiary/aromatic N) is 2. The normalized spacial score (nSPS) is 14.2. The fourth-order valence-electron chi connectivity index (χ4n) is 2.46. The van der Waals surface area contributed by atoms with Crippen molar-refractivity contribution in [2.75, 3.05) is 18.6 Å². The summed E-state index contributed by atoms with van der Waals surface area (Å²) >= 11 is 0. The van der Waals surface area contributed by atoms with Crippen LogP contribution in [0.1, 0.15) is 10.4 Å². The van der Waals surface area contributed by atoms with E-state index < -0.39 is 30.2 Å². The Kier molecular flexibility index (Phi) is 4.30. The molecule has 3 rings (SSSR count). The van der Waals surface area contributed by atoms with Crippen molar-refractivity contribution in [3.8, 4) is 5.75 Å². The molecule has 0 aliphatic carbocycles. The number of rotatable bonds is 5. The van der Waals surface area contributed by atoms with Crippen molar-refractivity contribution >= 4 is 29.3 Å². The molecule has 7 heteroatoms. The number of carbonyl (C=O) groups is 4. The van der Waals surface area contributed by atoms with Crippen LogP contribution in [0.5, 0.6) is 5.75 Å². The minimum atomic E-state index is -1.02. The van der Waals surface area contributed by atoms with E-state index >= 15 is 0 Å². The SMILES string of the molecule is COc1ccc(N2C(=O)C(=O)N(CC(=O)c3ccccc3)C2=O)cc1. The Morgan fingerprint density at radius 2 is 1.56 bits per heavy atom. The van der Waals surface area contributed by atoms with Crippen molar-refractivity contribution in [2.45, 2.75) is 0 Å². The molecule has 0 unspecified atom stereocenters. The van der Waals surface area contributed by atoms with E-state index in [1.165, 1.54) is 19.2 Å². The van der Waals surface area contributed by atoms with Gasteiger partial charge in [0.25, 0.3) is 0 Å². The Balaban J connectivity index is 1.83. The van der Waals surface area contributed by atoms with Crippen LogP contribution < -0.4 is 9.64 Å². The number of ether oxygens (including phenoxy) is 1. The number of Topliss-reactive ketones (excluding diaryl/α,β-unsaturated/α-hetero) is 1. The first-order valence-corrected chi connectivity index (χ1v) is 7.45. The molecule has 0 radical (unpaired) electrons. The summed E-state index contributed by atoms with van der Waals surface area (Å²) in [5.74, 6) is -1.89. The Morgan fingerprint density at radius 1 is 0.920 bits per heavy atom. The summed E-state index contributed by atoms with van der Waals surface area (Å²) in [6.07, 6.45) is 0. The maximum atomic E-state index is 12.5. The average Bonchev–Trinajstić information content (AvgIpc) is 2.86. The zero-order valence-corrected chi connectivity index (χ0v) is 13.3. The van der Waals surface area contributed by atoms with Gasteiger partial charge in [0.1, 0.15) is 5.75 Å². The molecule has 25 heavy (non-hydrogen) atoms. The van der Waals surface area contributed by atoms with Gasteiger partial charge >= 0.3 is 17.8 Å². The van der Waals surface area contributed by atoms with Gasteiger partial charge < -0.3 is 4.74 Å². The van der Waals surface area contributed by atoms with Gasteiger partial charge in [-0.1, -0.05) is 30.3 Å². The average molecular weight is 338 g/mol. The van der Waals surface area contributed by atoms with Gasteiger partial charge in [-0.2, -0.15) is 0 Å². The second-order valence-corrected chi connectivity index (χ2v) is 5.30. The Hall–Kier alpha value is -3.48. The molecule has 2 aromatic carbocycles. The number of ketones is 1. The molecule has 0 saturated carbocycles. The molecule has 7 nitrogen and oxygen atoms in total. The third kappa shape index (κ3) is 2.99. The lowest BCUT2D eigenvalue weighted by atomic mass is 10.1. The highest BCUT2D eigenvalue weighted by molar-refractivity contribution is 6.53. The lowest BCUT2D eigenvalue weighted by Crippen LogP contribution is -2.37. The summed E-state index contributed by atoms with van der Waals surface area (Å²) in [6, 6.07) is 13.5. The van der Waals surface area contributed by atoms with E-state index in [1.54, 1.807) is 42.5 Å². The maximum absolute atomic E-state index is 12.5. The van der Waals surface area contributed by atoms with Crippen molar-refractivity contribution in [3.05, 3.63) is 60.2 Å². The minimum absolute atomic E-state index is 0.235. The van der Waals surface area contributed by atoms with E-state index in [9.17, 15) is 19.2 Å². The zero-order valence-electron chi connectivity index (χ0n) is 13.3. The van der Waals surface area contributed by atoms with Crippen molar-refractivity contribution in [1.29, 1.82) is 0 Å². The van der Waals surface area contributed by atoms with Gasteiger partial charge in [-0.3, -0.25) is 14.4 Å². The zero-order chi connectivity index (χ0) is 18.0. The molecule has 126 valence electrons. The van der Waals surface area contributed by atoms with E-state index in [2.05, 4.69) is 0 Å². The third-order valence-electron chi connectivity index (χ3n) is 3.78. The molecule has 2 aromatic rings. The summed E-state index contributed by atoms with van der Waals surface area (Å²) in [5.41, 5.74) is 0.595. The number of hydrogen-bond donors (Lipinski definition) is 0. The van der Waals surface area contributed by atoms with Crippen LogP contribution in [0.25, 0.3) is 0 Å². The largest absolute Gasteiger partial charge is 0.497 e. The van der Waals surface area contributed by atoms with Crippen molar-refractivity contribution < 1.29 is 23.9 Å². The summed E-state index contributed by atoms with van der Waals surface area (Å²) < 4.78 is 5.02. The molecule has 0 N–H and O–H groups in total. The number of benzene rings is 2. The van der Waals surface area contributed by atoms with Crippen LogP contribution in [0.4, 0.5) is 10.5 Å². The van der Waals surface area contributed by atoms with Crippen LogP contribution >= 0.6 is 0 Å². The first-order chi connectivity index (χ1) is 12.0. The van der Waals surface area contributed by atoms with Crippen LogP contribution in [0.2, 0.25) is 0 Å². The lowest BCUT2D eigenvalue weighted by molar-refractivity contribution is -0.139. The molecular weight excluding hydrogens is 324 g/mol. The van der Waals surface area contributed by atoms with Gasteiger partial charge in [0, 0.05) is 5.56 Å². The number of imide groups is 2.